The SMILES string of the molecule is C=CCc1ccc(C(O)CC)cc1. The molecule has 1 atom stereocenters. The molecule has 1 rings (SSSR count). The summed E-state index contributed by atoms with van der Waals surface area (Å²) in [5, 5.41) is 9.53. The molecule has 0 amide bonds. The molecule has 13 heavy (non-hydrogen) atoms. The van der Waals surface area contributed by atoms with E-state index in [-0.39, 0.29) is 6.10 Å². The van der Waals surface area contributed by atoms with Gasteiger partial charge < -0.3 is 5.11 Å². The molecule has 0 aromatic heterocycles. The summed E-state index contributed by atoms with van der Waals surface area (Å²) < 4.78 is 0. The summed E-state index contributed by atoms with van der Waals surface area (Å²) in [5.41, 5.74) is 2.23. The summed E-state index contributed by atoms with van der Waals surface area (Å²) in [6.45, 7) is 5.65. The van der Waals surface area contributed by atoms with Gasteiger partial charge in [-0.25, -0.2) is 0 Å². The van der Waals surface area contributed by atoms with Gasteiger partial charge in [0.2, 0.25) is 0 Å². The molecule has 1 aromatic carbocycles. The minimum atomic E-state index is -0.321. The molecular formula is C12H16O. The molecule has 1 N–H and O–H groups in total. The third-order valence-electron chi connectivity index (χ3n) is 2.13. The molecule has 70 valence electrons. The highest BCUT2D eigenvalue weighted by Crippen LogP contribution is 2.16. The Morgan fingerprint density at radius 3 is 2.46 bits per heavy atom. The van der Waals surface area contributed by atoms with E-state index in [1.807, 2.05) is 37.3 Å². The molecule has 1 aromatic rings. The van der Waals surface area contributed by atoms with Crippen molar-refractivity contribution in [2.75, 3.05) is 0 Å². The van der Waals surface area contributed by atoms with Crippen LogP contribution in [0.15, 0.2) is 36.9 Å². The lowest BCUT2D eigenvalue weighted by Gasteiger charge is -2.07. The Labute approximate surface area is 79.7 Å². The maximum atomic E-state index is 9.53. The van der Waals surface area contributed by atoms with E-state index in [2.05, 4.69) is 6.58 Å². The van der Waals surface area contributed by atoms with Crippen molar-refractivity contribution in [1.29, 1.82) is 0 Å². The van der Waals surface area contributed by atoms with Gasteiger partial charge in [0.05, 0.1) is 6.10 Å². The minimum absolute atomic E-state index is 0.321. The van der Waals surface area contributed by atoms with Crippen molar-refractivity contribution in [2.45, 2.75) is 25.9 Å². The number of aliphatic hydroxyl groups excluding tert-OH is 1. The maximum Gasteiger partial charge on any atom is 0.0787 e. The zero-order valence-corrected chi connectivity index (χ0v) is 8.03. The van der Waals surface area contributed by atoms with Crippen LogP contribution in [0.1, 0.15) is 30.6 Å². The first kappa shape index (κ1) is 10.0. The van der Waals surface area contributed by atoms with Gasteiger partial charge >= 0.3 is 0 Å². The van der Waals surface area contributed by atoms with Crippen molar-refractivity contribution >= 4 is 0 Å². The average Bonchev–Trinajstić information content (AvgIpc) is 2.18. The van der Waals surface area contributed by atoms with Crippen LogP contribution < -0.4 is 0 Å². The van der Waals surface area contributed by atoms with E-state index in [4.69, 9.17) is 0 Å². The van der Waals surface area contributed by atoms with Gasteiger partial charge in [0.25, 0.3) is 0 Å². The standard InChI is InChI=1S/C12H16O/c1-3-5-10-6-8-11(9-7-10)12(13)4-2/h3,6-9,12-13H,1,4-5H2,2H3. The quantitative estimate of drug-likeness (QED) is 0.699. The smallest absolute Gasteiger partial charge is 0.0787 e. The maximum absolute atomic E-state index is 9.53. The predicted molar refractivity (Wildman–Crippen MR) is 55.6 cm³/mol. The molecule has 0 heterocycles. The van der Waals surface area contributed by atoms with Crippen LogP contribution in [0.5, 0.6) is 0 Å². The highest BCUT2D eigenvalue weighted by molar-refractivity contribution is 5.25. The number of hydrogen-bond donors (Lipinski definition) is 1. The molecule has 1 heteroatoms. The van der Waals surface area contributed by atoms with Crippen LogP contribution in [-0.4, -0.2) is 5.11 Å². The van der Waals surface area contributed by atoms with E-state index in [1.165, 1.54) is 5.56 Å². The summed E-state index contributed by atoms with van der Waals surface area (Å²) >= 11 is 0. The number of aliphatic hydroxyl groups is 1. The van der Waals surface area contributed by atoms with E-state index in [1.54, 1.807) is 0 Å². The van der Waals surface area contributed by atoms with E-state index >= 15 is 0 Å². The second kappa shape index (κ2) is 4.83. The largest absolute Gasteiger partial charge is 0.388 e. The van der Waals surface area contributed by atoms with E-state index < -0.39 is 0 Å². The molecule has 0 spiro atoms. The van der Waals surface area contributed by atoms with E-state index in [0.29, 0.717) is 0 Å². The molecular weight excluding hydrogens is 160 g/mol. The highest BCUT2D eigenvalue weighted by Gasteiger charge is 2.02. The number of benzene rings is 1. The second-order valence-electron chi connectivity index (χ2n) is 3.16. The van der Waals surface area contributed by atoms with Crippen LogP contribution in [0.4, 0.5) is 0 Å². The van der Waals surface area contributed by atoms with Crippen LogP contribution in [0.3, 0.4) is 0 Å². The zero-order valence-electron chi connectivity index (χ0n) is 8.03. The Bertz CT molecular complexity index is 261. The average molecular weight is 176 g/mol. The highest BCUT2D eigenvalue weighted by atomic mass is 16.3. The first-order valence-corrected chi connectivity index (χ1v) is 4.65. The lowest BCUT2D eigenvalue weighted by Crippen LogP contribution is -1.94. The molecule has 0 saturated carbocycles. The van der Waals surface area contributed by atoms with Crippen molar-refractivity contribution in [3.63, 3.8) is 0 Å². The molecule has 1 unspecified atom stereocenters. The normalized spacial score (nSPS) is 12.5. The molecule has 0 fully saturated rings. The molecule has 1 nitrogen and oxygen atoms in total. The Kier molecular flexibility index (Phi) is 3.71. The number of rotatable bonds is 4. The van der Waals surface area contributed by atoms with E-state index in [9.17, 15) is 5.11 Å². The molecule has 0 radical (unpaired) electrons. The van der Waals surface area contributed by atoms with Gasteiger partial charge in [-0.2, -0.15) is 0 Å². The first-order valence-electron chi connectivity index (χ1n) is 4.65. The Morgan fingerprint density at radius 2 is 2.00 bits per heavy atom. The third kappa shape index (κ3) is 2.71. The topological polar surface area (TPSA) is 20.2 Å². The zero-order chi connectivity index (χ0) is 9.68. The molecule has 0 aliphatic heterocycles. The van der Waals surface area contributed by atoms with Crippen LogP contribution in [0.2, 0.25) is 0 Å². The lowest BCUT2D eigenvalue weighted by molar-refractivity contribution is 0.173. The van der Waals surface area contributed by atoms with Gasteiger partial charge in [0.1, 0.15) is 0 Å². The van der Waals surface area contributed by atoms with Gasteiger partial charge in [-0.1, -0.05) is 37.3 Å². The summed E-state index contributed by atoms with van der Waals surface area (Å²) in [4.78, 5) is 0. The molecule has 0 aliphatic carbocycles. The Hall–Kier alpha value is -1.08. The van der Waals surface area contributed by atoms with Crippen LogP contribution in [-0.2, 0) is 6.42 Å². The van der Waals surface area contributed by atoms with E-state index in [0.717, 1.165) is 18.4 Å². The minimum Gasteiger partial charge on any atom is -0.388 e. The van der Waals surface area contributed by atoms with Crippen LogP contribution in [0, 0.1) is 0 Å². The van der Waals surface area contributed by atoms with Crippen LogP contribution >= 0.6 is 0 Å². The fourth-order valence-electron chi connectivity index (χ4n) is 1.28. The summed E-state index contributed by atoms with van der Waals surface area (Å²) in [6, 6.07) is 8.03. The van der Waals surface area contributed by atoms with Crippen molar-refractivity contribution in [1.82, 2.24) is 0 Å². The molecule has 0 bridgehead atoms. The fraction of sp³-hybridized carbons (Fsp3) is 0.333. The van der Waals surface area contributed by atoms with Crippen LogP contribution in [0.25, 0.3) is 0 Å². The predicted octanol–water partition coefficient (Wildman–Crippen LogP) is 2.86. The van der Waals surface area contributed by atoms with Crippen molar-refractivity contribution < 1.29 is 5.11 Å². The third-order valence-corrected chi connectivity index (χ3v) is 2.13. The summed E-state index contributed by atoms with van der Waals surface area (Å²) in [5.74, 6) is 0. The van der Waals surface area contributed by atoms with Crippen molar-refractivity contribution in [3.8, 4) is 0 Å². The summed E-state index contributed by atoms with van der Waals surface area (Å²) in [6.07, 6.45) is 3.21. The monoisotopic (exact) mass is 176 g/mol. The molecule has 0 aliphatic rings. The lowest BCUT2D eigenvalue weighted by atomic mass is 10.0. The van der Waals surface area contributed by atoms with Gasteiger partial charge in [-0.3, -0.25) is 0 Å². The van der Waals surface area contributed by atoms with Gasteiger partial charge in [0, 0.05) is 0 Å². The van der Waals surface area contributed by atoms with Crippen molar-refractivity contribution in [3.05, 3.63) is 48.0 Å². The van der Waals surface area contributed by atoms with Gasteiger partial charge in [-0.05, 0) is 24.0 Å². The number of hydrogen-bond acceptors (Lipinski definition) is 1. The number of allylic oxidation sites excluding steroid dienone is 1. The Morgan fingerprint density at radius 1 is 1.38 bits per heavy atom. The Balaban J connectivity index is 2.74. The van der Waals surface area contributed by atoms with Gasteiger partial charge in [-0.15, -0.1) is 6.58 Å². The second-order valence-corrected chi connectivity index (χ2v) is 3.16. The van der Waals surface area contributed by atoms with Crippen molar-refractivity contribution in [2.24, 2.45) is 0 Å². The fourth-order valence-corrected chi connectivity index (χ4v) is 1.28. The molecule has 0 saturated heterocycles. The van der Waals surface area contributed by atoms with Gasteiger partial charge in [0.15, 0.2) is 0 Å². The summed E-state index contributed by atoms with van der Waals surface area (Å²) in [7, 11) is 0. The first-order chi connectivity index (χ1) is 6.27.